The van der Waals surface area contributed by atoms with Crippen LogP contribution < -0.4 is 4.74 Å². The van der Waals surface area contributed by atoms with Crippen molar-refractivity contribution in [1.29, 1.82) is 0 Å². The standard InChI is InChI=1S/C26H32N2O3S2/c1-31-21-6-7-25-23(16-21)19(8-11-27-25)4-2-5-20-9-13-28(17-24(20)26(29)30)12-3-14-33-22-10-15-32-18-22/h6-8,10-11,15-16,18,20,24H,2-5,9,12-14,17H2,1H3,(H,29,30)/t20-,24+/m1/s1. The Bertz CT molecular complexity index is 1040. The number of fused-ring (bicyclic) bond motifs is 1. The zero-order chi connectivity index (χ0) is 23.0. The molecule has 0 unspecified atom stereocenters. The summed E-state index contributed by atoms with van der Waals surface area (Å²) < 4.78 is 5.38. The van der Waals surface area contributed by atoms with Gasteiger partial charge in [-0.15, -0.1) is 11.8 Å². The molecule has 0 saturated carbocycles. The van der Waals surface area contributed by atoms with E-state index in [4.69, 9.17) is 4.74 Å². The van der Waals surface area contributed by atoms with Gasteiger partial charge in [-0.2, -0.15) is 11.3 Å². The molecule has 4 rings (SSSR count). The molecule has 0 bridgehead atoms. The molecule has 33 heavy (non-hydrogen) atoms. The number of thioether (sulfide) groups is 1. The Balaban J connectivity index is 1.27. The van der Waals surface area contributed by atoms with Crippen molar-refractivity contribution in [3.63, 3.8) is 0 Å². The Morgan fingerprint density at radius 3 is 3.00 bits per heavy atom. The predicted molar refractivity (Wildman–Crippen MR) is 137 cm³/mol. The van der Waals surface area contributed by atoms with Gasteiger partial charge >= 0.3 is 5.97 Å². The van der Waals surface area contributed by atoms with Crippen molar-refractivity contribution in [1.82, 2.24) is 9.88 Å². The van der Waals surface area contributed by atoms with Crippen LogP contribution in [0.4, 0.5) is 0 Å². The molecule has 0 radical (unpaired) electrons. The van der Waals surface area contributed by atoms with Gasteiger partial charge in [-0.1, -0.05) is 0 Å². The number of aryl methyl sites for hydroxylation is 1. The highest BCUT2D eigenvalue weighted by Crippen LogP contribution is 2.30. The molecule has 1 aliphatic heterocycles. The Morgan fingerprint density at radius 2 is 2.21 bits per heavy atom. The number of piperidine rings is 1. The molecule has 3 aromatic rings. The van der Waals surface area contributed by atoms with Crippen molar-refractivity contribution in [3.05, 3.63) is 52.9 Å². The zero-order valence-corrected chi connectivity index (χ0v) is 20.7. The van der Waals surface area contributed by atoms with Crippen LogP contribution >= 0.6 is 23.1 Å². The van der Waals surface area contributed by atoms with Crippen molar-refractivity contribution in [2.75, 3.05) is 32.5 Å². The molecule has 1 aliphatic rings. The minimum Gasteiger partial charge on any atom is -0.497 e. The second-order valence-corrected chi connectivity index (χ2v) is 10.6. The number of nitrogens with zero attached hydrogens (tertiary/aromatic N) is 2. The highest BCUT2D eigenvalue weighted by molar-refractivity contribution is 7.99. The molecule has 1 fully saturated rings. The number of carboxylic acid groups (broad SMARTS) is 1. The molecule has 0 amide bonds. The van der Waals surface area contributed by atoms with E-state index in [1.807, 2.05) is 36.2 Å². The van der Waals surface area contributed by atoms with Crippen molar-refractivity contribution >= 4 is 40.0 Å². The molecular formula is C26H32N2O3S2. The first kappa shape index (κ1) is 24.0. The van der Waals surface area contributed by atoms with Crippen LogP contribution in [0.1, 0.15) is 31.2 Å². The Hall–Kier alpha value is -2.09. The van der Waals surface area contributed by atoms with Crippen LogP contribution in [0.3, 0.4) is 0 Å². The first-order chi connectivity index (χ1) is 16.1. The van der Waals surface area contributed by atoms with Gasteiger partial charge < -0.3 is 14.7 Å². The van der Waals surface area contributed by atoms with E-state index in [1.165, 1.54) is 10.5 Å². The Morgan fingerprint density at radius 1 is 1.30 bits per heavy atom. The number of methoxy groups -OCH3 is 1. The van der Waals surface area contributed by atoms with E-state index in [0.29, 0.717) is 6.54 Å². The van der Waals surface area contributed by atoms with Crippen LogP contribution in [0.5, 0.6) is 5.75 Å². The molecule has 3 heterocycles. The lowest BCUT2D eigenvalue weighted by molar-refractivity contribution is -0.146. The summed E-state index contributed by atoms with van der Waals surface area (Å²) in [5.41, 5.74) is 2.23. The lowest BCUT2D eigenvalue weighted by Gasteiger charge is -2.36. The number of thiophene rings is 1. The predicted octanol–water partition coefficient (Wildman–Crippen LogP) is 5.83. The molecular weight excluding hydrogens is 452 g/mol. The Labute approximate surface area is 204 Å². The molecule has 7 heteroatoms. The Kier molecular flexibility index (Phi) is 8.64. The topological polar surface area (TPSA) is 62.7 Å². The highest BCUT2D eigenvalue weighted by atomic mass is 32.2. The van der Waals surface area contributed by atoms with Crippen LogP contribution in [0.15, 0.2) is 52.2 Å². The minimum absolute atomic E-state index is 0.251. The average molecular weight is 485 g/mol. The summed E-state index contributed by atoms with van der Waals surface area (Å²) in [6.45, 7) is 2.67. The van der Waals surface area contributed by atoms with Gasteiger partial charge in [0.15, 0.2) is 0 Å². The maximum absolute atomic E-state index is 12.0. The van der Waals surface area contributed by atoms with Gasteiger partial charge in [-0.05, 0) is 98.1 Å². The number of benzene rings is 1. The van der Waals surface area contributed by atoms with E-state index in [1.54, 1.807) is 18.4 Å². The monoisotopic (exact) mass is 484 g/mol. The minimum atomic E-state index is -0.642. The zero-order valence-electron chi connectivity index (χ0n) is 19.1. The van der Waals surface area contributed by atoms with Gasteiger partial charge in [0, 0.05) is 28.4 Å². The van der Waals surface area contributed by atoms with Crippen molar-refractivity contribution in [2.45, 2.75) is 37.0 Å². The number of rotatable bonds is 11. The summed E-state index contributed by atoms with van der Waals surface area (Å²) in [6, 6.07) is 10.2. The lowest BCUT2D eigenvalue weighted by atomic mass is 9.81. The second kappa shape index (κ2) is 11.9. The molecule has 5 nitrogen and oxygen atoms in total. The third-order valence-electron chi connectivity index (χ3n) is 6.60. The van der Waals surface area contributed by atoms with Crippen LogP contribution in [0.2, 0.25) is 0 Å². The number of hydrogen-bond donors (Lipinski definition) is 1. The number of aromatic nitrogens is 1. The summed E-state index contributed by atoms with van der Waals surface area (Å²) in [4.78, 5) is 20.2. The third kappa shape index (κ3) is 6.49. The average Bonchev–Trinajstić information content (AvgIpc) is 3.36. The fourth-order valence-electron chi connectivity index (χ4n) is 4.79. The van der Waals surface area contributed by atoms with Crippen molar-refractivity contribution in [3.8, 4) is 5.75 Å². The first-order valence-corrected chi connectivity index (χ1v) is 13.6. The van der Waals surface area contributed by atoms with Crippen LogP contribution in [-0.2, 0) is 11.2 Å². The summed E-state index contributed by atoms with van der Waals surface area (Å²) in [5, 5.41) is 15.3. The van der Waals surface area contributed by atoms with Gasteiger partial charge in [-0.3, -0.25) is 9.78 Å². The number of ether oxygens (including phenoxy) is 1. The largest absolute Gasteiger partial charge is 0.497 e. The molecule has 1 saturated heterocycles. The smallest absolute Gasteiger partial charge is 0.308 e. The van der Waals surface area contributed by atoms with Gasteiger partial charge in [-0.25, -0.2) is 0 Å². The lowest BCUT2D eigenvalue weighted by Crippen LogP contribution is -2.44. The fourth-order valence-corrected chi connectivity index (χ4v) is 6.51. The SMILES string of the molecule is COc1ccc2nccc(CCC[C@@H]3CCN(CCCSc4ccsc4)C[C@@H]3C(=O)O)c2c1. The quantitative estimate of drug-likeness (QED) is 0.273. The van der Waals surface area contributed by atoms with Gasteiger partial charge in [0.05, 0.1) is 18.5 Å². The van der Waals surface area contributed by atoms with Crippen molar-refractivity contribution < 1.29 is 14.6 Å². The maximum Gasteiger partial charge on any atom is 0.308 e. The molecule has 1 N–H and O–H groups in total. The molecule has 0 spiro atoms. The number of carbonyl (C=O) groups is 1. The van der Waals surface area contributed by atoms with Gasteiger partial charge in [0.25, 0.3) is 0 Å². The van der Waals surface area contributed by atoms with E-state index >= 15 is 0 Å². The summed E-state index contributed by atoms with van der Waals surface area (Å²) in [7, 11) is 1.68. The van der Waals surface area contributed by atoms with Gasteiger partial charge in [0.2, 0.25) is 0 Å². The summed E-state index contributed by atoms with van der Waals surface area (Å²) in [6.07, 6.45) is 6.79. The first-order valence-electron chi connectivity index (χ1n) is 11.7. The molecule has 2 aromatic heterocycles. The number of hydrogen-bond acceptors (Lipinski definition) is 6. The van der Waals surface area contributed by atoms with Crippen LogP contribution in [0.25, 0.3) is 10.9 Å². The summed E-state index contributed by atoms with van der Waals surface area (Å²) >= 11 is 3.62. The van der Waals surface area contributed by atoms with E-state index < -0.39 is 5.97 Å². The number of carboxylic acids is 1. The van der Waals surface area contributed by atoms with Crippen LogP contribution in [-0.4, -0.2) is 53.5 Å². The number of pyridine rings is 1. The number of likely N-dealkylation sites (tertiary alicyclic amines) is 1. The van der Waals surface area contributed by atoms with Gasteiger partial charge in [0.1, 0.15) is 5.75 Å². The normalized spacial score (nSPS) is 19.1. The highest BCUT2D eigenvalue weighted by Gasteiger charge is 2.33. The fraction of sp³-hybridized carbons (Fsp3) is 0.462. The van der Waals surface area contributed by atoms with E-state index in [9.17, 15) is 9.90 Å². The second-order valence-electron chi connectivity index (χ2n) is 8.70. The number of aliphatic carboxylic acids is 1. The summed E-state index contributed by atoms with van der Waals surface area (Å²) in [5.74, 6) is 1.26. The molecule has 176 valence electrons. The van der Waals surface area contributed by atoms with E-state index in [0.717, 1.165) is 67.6 Å². The van der Waals surface area contributed by atoms with Crippen molar-refractivity contribution in [2.24, 2.45) is 11.8 Å². The molecule has 2 atom stereocenters. The maximum atomic E-state index is 12.0. The van der Waals surface area contributed by atoms with E-state index in [2.05, 4.69) is 32.8 Å². The van der Waals surface area contributed by atoms with E-state index in [-0.39, 0.29) is 11.8 Å². The molecule has 1 aromatic carbocycles. The third-order valence-corrected chi connectivity index (χ3v) is 8.51. The molecule has 0 aliphatic carbocycles. The van der Waals surface area contributed by atoms with Crippen LogP contribution in [0, 0.1) is 11.8 Å².